The fourth-order valence-corrected chi connectivity index (χ4v) is 4.70. The average molecular weight is 468 g/mol. The molecule has 0 bridgehead atoms. The van der Waals surface area contributed by atoms with Gasteiger partial charge in [0.2, 0.25) is 5.95 Å². The zero-order chi connectivity index (χ0) is 24.0. The first-order valence-corrected chi connectivity index (χ1v) is 12.4. The van der Waals surface area contributed by atoms with Crippen LogP contribution in [0.15, 0.2) is 78.9 Å². The molecule has 0 radical (unpaired) electrons. The molecule has 4 aromatic rings. The Morgan fingerprint density at radius 2 is 1.51 bits per heavy atom. The maximum atomic E-state index is 5.98. The van der Waals surface area contributed by atoms with Crippen molar-refractivity contribution in [1.29, 1.82) is 0 Å². The summed E-state index contributed by atoms with van der Waals surface area (Å²) in [7, 11) is 4.05. The smallest absolute Gasteiger partial charge is 0.225 e. The molecule has 0 unspecified atom stereocenters. The molecule has 0 aliphatic heterocycles. The highest BCUT2D eigenvalue weighted by Gasteiger charge is 2.22. The summed E-state index contributed by atoms with van der Waals surface area (Å²) < 4.78 is 5.98. The summed E-state index contributed by atoms with van der Waals surface area (Å²) in [5.41, 5.74) is 2.21. The minimum Gasteiger partial charge on any atom is -0.457 e. The lowest BCUT2D eigenvalue weighted by molar-refractivity contribution is 0.352. The summed E-state index contributed by atoms with van der Waals surface area (Å²) in [6, 6.07) is 27.3. The van der Waals surface area contributed by atoms with Crippen LogP contribution in [0, 0.1) is 0 Å². The second-order valence-corrected chi connectivity index (χ2v) is 9.42. The molecule has 1 fully saturated rings. The lowest BCUT2D eigenvalue weighted by Crippen LogP contribution is -2.37. The molecule has 0 spiro atoms. The molecule has 180 valence electrons. The van der Waals surface area contributed by atoms with Crippen LogP contribution in [0.3, 0.4) is 0 Å². The number of anilines is 2. The molecule has 1 aliphatic rings. The van der Waals surface area contributed by atoms with Gasteiger partial charge in [0, 0.05) is 38.1 Å². The third kappa shape index (κ3) is 5.89. The Balaban J connectivity index is 1.14. The number of fused-ring (bicyclic) bond motifs is 1. The molecule has 1 aromatic heterocycles. The minimum absolute atomic E-state index is 0.395. The number of aromatic nitrogens is 2. The molecule has 1 aliphatic carbocycles. The number of hydrogen-bond donors (Lipinski definition) is 2. The van der Waals surface area contributed by atoms with Crippen molar-refractivity contribution in [2.75, 3.05) is 24.3 Å². The van der Waals surface area contributed by atoms with Crippen LogP contribution in [0.1, 0.15) is 31.2 Å². The monoisotopic (exact) mass is 467 g/mol. The Hall–Kier alpha value is -3.64. The molecule has 2 N–H and O–H groups in total. The Morgan fingerprint density at radius 3 is 2.31 bits per heavy atom. The first-order valence-electron chi connectivity index (χ1n) is 12.4. The molecule has 1 saturated carbocycles. The first-order chi connectivity index (χ1) is 17.1. The van der Waals surface area contributed by atoms with Crippen molar-refractivity contribution in [2.24, 2.45) is 0 Å². The van der Waals surface area contributed by atoms with Crippen molar-refractivity contribution in [3.05, 3.63) is 84.4 Å². The summed E-state index contributed by atoms with van der Waals surface area (Å²) >= 11 is 0. The molecule has 5 rings (SSSR count). The molecule has 0 atom stereocenters. The van der Waals surface area contributed by atoms with Gasteiger partial charge < -0.3 is 20.3 Å². The molecule has 35 heavy (non-hydrogen) atoms. The second-order valence-electron chi connectivity index (χ2n) is 9.42. The Labute approximate surface area is 207 Å². The number of nitrogens with zero attached hydrogens (tertiary/aromatic N) is 3. The maximum absolute atomic E-state index is 5.98. The third-order valence-corrected chi connectivity index (χ3v) is 6.54. The summed E-state index contributed by atoms with van der Waals surface area (Å²) in [5, 5.41) is 8.42. The minimum atomic E-state index is 0.395. The van der Waals surface area contributed by atoms with Gasteiger partial charge in [0.15, 0.2) is 0 Å². The zero-order valence-electron chi connectivity index (χ0n) is 20.4. The van der Waals surface area contributed by atoms with E-state index < -0.39 is 0 Å². The standard InChI is InChI=1S/C29H33N5O/c1-34(2)28-26-13-6-7-14-27(26)32-29(33-28)31-23-17-15-22(16-18-23)30-20-21-9-8-12-25(19-21)35-24-10-4-3-5-11-24/h3-14,19,22-23,30H,15-18,20H2,1-2H3,(H,31,32,33)/t22-,23+. The Bertz CT molecular complexity index is 1250. The predicted octanol–water partition coefficient (Wildman–Crippen LogP) is 6.00. The van der Waals surface area contributed by atoms with Crippen molar-refractivity contribution < 1.29 is 4.74 Å². The SMILES string of the molecule is CN(C)c1nc(N[C@H]2CC[C@@H](NCc3cccc(Oc4ccccc4)c3)CC2)nc2ccccc12. The van der Waals surface area contributed by atoms with Crippen LogP contribution in [0.2, 0.25) is 0 Å². The topological polar surface area (TPSA) is 62.3 Å². The summed E-state index contributed by atoms with van der Waals surface area (Å²) in [6.45, 7) is 0.842. The summed E-state index contributed by atoms with van der Waals surface area (Å²) in [6.07, 6.45) is 4.46. The van der Waals surface area contributed by atoms with Crippen molar-refractivity contribution in [3.63, 3.8) is 0 Å². The average Bonchev–Trinajstić information content (AvgIpc) is 2.88. The Kier molecular flexibility index (Phi) is 7.09. The largest absolute Gasteiger partial charge is 0.457 e. The van der Waals surface area contributed by atoms with Gasteiger partial charge >= 0.3 is 0 Å². The third-order valence-electron chi connectivity index (χ3n) is 6.54. The van der Waals surface area contributed by atoms with Crippen LogP contribution in [0.5, 0.6) is 11.5 Å². The predicted molar refractivity (Wildman–Crippen MR) is 143 cm³/mol. The van der Waals surface area contributed by atoms with Gasteiger partial charge in [0.1, 0.15) is 17.3 Å². The quantitative estimate of drug-likeness (QED) is 0.331. The van der Waals surface area contributed by atoms with E-state index in [0.717, 1.165) is 66.4 Å². The highest BCUT2D eigenvalue weighted by molar-refractivity contribution is 5.90. The van der Waals surface area contributed by atoms with Gasteiger partial charge in [-0.15, -0.1) is 0 Å². The number of benzene rings is 3. The molecule has 0 saturated heterocycles. The number of hydrogen-bond acceptors (Lipinski definition) is 6. The van der Waals surface area contributed by atoms with Gasteiger partial charge in [-0.2, -0.15) is 4.98 Å². The van der Waals surface area contributed by atoms with Crippen LogP contribution >= 0.6 is 0 Å². The van der Waals surface area contributed by atoms with Crippen LogP contribution in [0.4, 0.5) is 11.8 Å². The lowest BCUT2D eigenvalue weighted by atomic mass is 9.91. The summed E-state index contributed by atoms with van der Waals surface area (Å²) in [4.78, 5) is 11.6. The van der Waals surface area contributed by atoms with E-state index >= 15 is 0 Å². The van der Waals surface area contributed by atoms with Gasteiger partial charge in [-0.05, 0) is 67.6 Å². The lowest BCUT2D eigenvalue weighted by Gasteiger charge is -2.30. The van der Waals surface area contributed by atoms with Crippen molar-refractivity contribution in [1.82, 2.24) is 15.3 Å². The van der Waals surface area contributed by atoms with Crippen LogP contribution in [0.25, 0.3) is 10.9 Å². The normalized spacial score (nSPS) is 17.8. The van der Waals surface area contributed by atoms with E-state index in [0.29, 0.717) is 12.1 Å². The van der Waals surface area contributed by atoms with E-state index in [4.69, 9.17) is 14.7 Å². The van der Waals surface area contributed by atoms with E-state index in [-0.39, 0.29) is 0 Å². The van der Waals surface area contributed by atoms with Gasteiger partial charge in [-0.1, -0.05) is 42.5 Å². The van der Waals surface area contributed by atoms with Crippen molar-refractivity contribution >= 4 is 22.7 Å². The van der Waals surface area contributed by atoms with E-state index in [1.807, 2.05) is 62.6 Å². The number of ether oxygens (including phenoxy) is 1. The van der Waals surface area contributed by atoms with E-state index in [9.17, 15) is 0 Å². The van der Waals surface area contributed by atoms with E-state index in [1.54, 1.807) is 0 Å². The molecule has 1 heterocycles. The molecular formula is C29H33N5O. The van der Waals surface area contributed by atoms with Gasteiger partial charge in [0.25, 0.3) is 0 Å². The fraction of sp³-hybridized carbons (Fsp3) is 0.310. The zero-order valence-corrected chi connectivity index (χ0v) is 20.4. The maximum Gasteiger partial charge on any atom is 0.225 e. The van der Waals surface area contributed by atoms with Crippen LogP contribution in [-0.2, 0) is 6.54 Å². The Morgan fingerprint density at radius 1 is 0.800 bits per heavy atom. The first kappa shape index (κ1) is 23.1. The second kappa shape index (κ2) is 10.7. The number of para-hydroxylation sites is 2. The summed E-state index contributed by atoms with van der Waals surface area (Å²) in [5.74, 6) is 3.40. The van der Waals surface area contributed by atoms with Gasteiger partial charge in [-0.3, -0.25) is 0 Å². The van der Waals surface area contributed by atoms with Gasteiger partial charge in [-0.25, -0.2) is 4.98 Å². The van der Waals surface area contributed by atoms with Crippen molar-refractivity contribution in [2.45, 2.75) is 44.3 Å². The number of rotatable bonds is 8. The van der Waals surface area contributed by atoms with Gasteiger partial charge in [0.05, 0.1) is 5.52 Å². The van der Waals surface area contributed by atoms with Crippen LogP contribution in [-0.4, -0.2) is 36.1 Å². The van der Waals surface area contributed by atoms with E-state index in [1.165, 1.54) is 5.56 Å². The molecule has 6 heteroatoms. The molecular weight excluding hydrogens is 434 g/mol. The van der Waals surface area contributed by atoms with Crippen molar-refractivity contribution in [3.8, 4) is 11.5 Å². The fourth-order valence-electron chi connectivity index (χ4n) is 4.70. The molecule has 0 amide bonds. The van der Waals surface area contributed by atoms with E-state index in [2.05, 4.69) is 45.9 Å². The van der Waals surface area contributed by atoms with Crippen LogP contribution < -0.4 is 20.3 Å². The molecule has 6 nitrogen and oxygen atoms in total. The number of nitrogens with one attached hydrogen (secondary N) is 2. The highest BCUT2D eigenvalue weighted by atomic mass is 16.5. The highest BCUT2D eigenvalue weighted by Crippen LogP contribution is 2.27. The molecule has 3 aromatic carbocycles.